The fraction of sp³-hybridized carbons (Fsp3) is 0.538. The van der Waals surface area contributed by atoms with Crippen molar-refractivity contribution in [3.63, 3.8) is 0 Å². The van der Waals surface area contributed by atoms with Gasteiger partial charge in [-0.05, 0) is 30.5 Å². The molecule has 17 heavy (non-hydrogen) atoms. The van der Waals surface area contributed by atoms with Crippen molar-refractivity contribution in [1.29, 1.82) is 0 Å². The molecule has 94 valence electrons. The molecule has 1 aromatic rings. The molecule has 1 aromatic carbocycles. The Balaban J connectivity index is 1.91. The Morgan fingerprint density at radius 2 is 2.12 bits per heavy atom. The summed E-state index contributed by atoms with van der Waals surface area (Å²) in [5, 5.41) is 0.631. The van der Waals surface area contributed by atoms with Gasteiger partial charge in [-0.2, -0.15) is 0 Å². The van der Waals surface area contributed by atoms with E-state index in [-0.39, 0.29) is 0 Å². The molecule has 0 bridgehead atoms. The lowest BCUT2D eigenvalue weighted by atomic mass is 10.1. The van der Waals surface area contributed by atoms with Crippen LogP contribution < -0.4 is 5.73 Å². The first-order valence-corrected chi connectivity index (χ1v) is 6.36. The Morgan fingerprint density at radius 1 is 1.41 bits per heavy atom. The number of nitrogens with zero attached hydrogens (tertiary/aromatic N) is 1. The van der Waals surface area contributed by atoms with Gasteiger partial charge in [0, 0.05) is 26.7 Å². The Bertz CT molecular complexity index is 376. The molecule has 1 heterocycles. The average molecular weight is 255 g/mol. The summed E-state index contributed by atoms with van der Waals surface area (Å²) < 4.78 is 5.36. The molecular weight excluding hydrogens is 236 g/mol. The van der Waals surface area contributed by atoms with Gasteiger partial charge in [-0.3, -0.25) is 4.90 Å². The molecule has 1 saturated heterocycles. The van der Waals surface area contributed by atoms with E-state index in [9.17, 15) is 0 Å². The van der Waals surface area contributed by atoms with Crippen LogP contribution in [0.4, 0.5) is 5.69 Å². The minimum Gasteiger partial charge on any atom is -0.398 e. The number of hydrogen-bond acceptors (Lipinski definition) is 3. The second-order valence-electron chi connectivity index (χ2n) is 4.57. The molecule has 2 N–H and O–H groups in total. The van der Waals surface area contributed by atoms with Gasteiger partial charge in [0.1, 0.15) is 0 Å². The zero-order valence-electron chi connectivity index (χ0n) is 10.2. The molecule has 0 aromatic heterocycles. The largest absolute Gasteiger partial charge is 0.398 e. The monoisotopic (exact) mass is 254 g/mol. The van der Waals surface area contributed by atoms with Gasteiger partial charge in [-0.1, -0.05) is 17.7 Å². The zero-order chi connectivity index (χ0) is 12.3. The Morgan fingerprint density at radius 3 is 2.71 bits per heavy atom. The predicted molar refractivity (Wildman–Crippen MR) is 71.2 cm³/mol. The van der Waals surface area contributed by atoms with Crippen LogP contribution in [0.3, 0.4) is 0 Å². The first-order valence-electron chi connectivity index (χ1n) is 5.98. The number of benzene rings is 1. The molecular formula is C13H19ClN2O. The van der Waals surface area contributed by atoms with Crippen LogP contribution in [0.1, 0.15) is 18.4 Å². The topological polar surface area (TPSA) is 38.5 Å². The van der Waals surface area contributed by atoms with Crippen molar-refractivity contribution < 1.29 is 4.74 Å². The minimum absolute atomic E-state index is 0.432. The van der Waals surface area contributed by atoms with Crippen molar-refractivity contribution in [3.8, 4) is 0 Å². The third-order valence-corrected chi connectivity index (χ3v) is 3.68. The molecule has 1 fully saturated rings. The van der Waals surface area contributed by atoms with Gasteiger partial charge in [0.2, 0.25) is 0 Å². The van der Waals surface area contributed by atoms with Crippen LogP contribution in [0.2, 0.25) is 5.02 Å². The molecule has 1 aliphatic rings. The SMILES string of the molecule is COC1CCN(Cc2ccc(Cl)c(N)c2)CC1. The summed E-state index contributed by atoms with van der Waals surface area (Å²) in [6, 6.07) is 5.87. The van der Waals surface area contributed by atoms with E-state index >= 15 is 0 Å². The van der Waals surface area contributed by atoms with Crippen LogP contribution in [0, 0.1) is 0 Å². The Hall–Kier alpha value is -0.770. The van der Waals surface area contributed by atoms with E-state index in [4.69, 9.17) is 22.1 Å². The first kappa shape index (κ1) is 12.7. The van der Waals surface area contributed by atoms with E-state index in [1.165, 1.54) is 5.56 Å². The smallest absolute Gasteiger partial charge is 0.0635 e. The van der Waals surface area contributed by atoms with Crippen LogP contribution in [0.15, 0.2) is 18.2 Å². The number of anilines is 1. The number of nitrogen functional groups attached to an aromatic ring is 1. The van der Waals surface area contributed by atoms with Crippen molar-refractivity contribution in [3.05, 3.63) is 28.8 Å². The number of rotatable bonds is 3. The highest BCUT2D eigenvalue weighted by molar-refractivity contribution is 6.33. The summed E-state index contributed by atoms with van der Waals surface area (Å²) in [4.78, 5) is 2.43. The number of piperidine rings is 1. The summed E-state index contributed by atoms with van der Waals surface area (Å²) in [6.45, 7) is 3.11. The maximum atomic E-state index is 5.91. The number of hydrogen-bond donors (Lipinski definition) is 1. The van der Waals surface area contributed by atoms with Gasteiger partial charge in [0.15, 0.2) is 0 Å². The molecule has 2 rings (SSSR count). The lowest BCUT2D eigenvalue weighted by Gasteiger charge is -2.31. The summed E-state index contributed by atoms with van der Waals surface area (Å²) in [5.41, 5.74) is 7.69. The van der Waals surface area contributed by atoms with E-state index in [0.717, 1.165) is 32.5 Å². The number of nitrogens with two attached hydrogens (primary N) is 1. The molecule has 3 nitrogen and oxygen atoms in total. The van der Waals surface area contributed by atoms with Crippen molar-refractivity contribution in [2.24, 2.45) is 0 Å². The molecule has 0 saturated carbocycles. The highest BCUT2D eigenvalue weighted by Gasteiger charge is 2.18. The van der Waals surface area contributed by atoms with Crippen molar-refractivity contribution >= 4 is 17.3 Å². The second kappa shape index (κ2) is 5.71. The van der Waals surface area contributed by atoms with Crippen LogP contribution in [-0.4, -0.2) is 31.2 Å². The fourth-order valence-corrected chi connectivity index (χ4v) is 2.37. The van der Waals surface area contributed by atoms with Crippen LogP contribution in [0.5, 0.6) is 0 Å². The van der Waals surface area contributed by atoms with Gasteiger partial charge in [-0.15, -0.1) is 0 Å². The number of methoxy groups -OCH3 is 1. The van der Waals surface area contributed by atoms with Crippen molar-refractivity contribution in [2.45, 2.75) is 25.5 Å². The average Bonchev–Trinajstić information content (AvgIpc) is 2.35. The van der Waals surface area contributed by atoms with Gasteiger partial charge >= 0.3 is 0 Å². The van der Waals surface area contributed by atoms with E-state index in [1.807, 2.05) is 18.2 Å². The van der Waals surface area contributed by atoms with Crippen LogP contribution in [0.25, 0.3) is 0 Å². The molecule has 0 amide bonds. The van der Waals surface area contributed by atoms with Gasteiger partial charge in [0.25, 0.3) is 0 Å². The molecule has 1 aliphatic heterocycles. The zero-order valence-corrected chi connectivity index (χ0v) is 10.9. The van der Waals surface area contributed by atoms with Gasteiger partial charge in [0.05, 0.1) is 16.8 Å². The van der Waals surface area contributed by atoms with Gasteiger partial charge in [-0.25, -0.2) is 0 Å². The fourth-order valence-electron chi connectivity index (χ4n) is 2.25. The molecule has 4 heteroatoms. The van der Waals surface area contributed by atoms with E-state index < -0.39 is 0 Å². The lowest BCUT2D eigenvalue weighted by molar-refractivity contribution is 0.0389. The summed E-state index contributed by atoms with van der Waals surface area (Å²) >= 11 is 5.91. The van der Waals surface area contributed by atoms with E-state index in [2.05, 4.69) is 4.90 Å². The predicted octanol–water partition coefficient (Wildman–Crippen LogP) is 2.53. The third-order valence-electron chi connectivity index (χ3n) is 3.33. The standard InChI is InChI=1S/C13H19ClN2O/c1-17-11-4-6-16(7-5-11)9-10-2-3-12(14)13(15)8-10/h2-3,8,11H,4-7,9,15H2,1H3. The quantitative estimate of drug-likeness (QED) is 0.843. The van der Waals surface area contributed by atoms with Crippen molar-refractivity contribution in [1.82, 2.24) is 4.90 Å². The normalized spacial score (nSPS) is 18.5. The first-order chi connectivity index (χ1) is 8.19. The van der Waals surface area contributed by atoms with Crippen molar-refractivity contribution in [2.75, 3.05) is 25.9 Å². The molecule has 0 radical (unpaired) electrons. The maximum absolute atomic E-state index is 5.91. The highest BCUT2D eigenvalue weighted by atomic mass is 35.5. The lowest BCUT2D eigenvalue weighted by Crippen LogP contribution is -2.36. The highest BCUT2D eigenvalue weighted by Crippen LogP contribution is 2.21. The van der Waals surface area contributed by atoms with E-state index in [1.54, 1.807) is 7.11 Å². The summed E-state index contributed by atoms with van der Waals surface area (Å²) in [7, 11) is 1.79. The summed E-state index contributed by atoms with van der Waals surface area (Å²) in [5.74, 6) is 0. The van der Waals surface area contributed by atoms with Crippen LogP contribution in [-0.2, 0) is 11.3 Å². The number of ether oxygens (including phenoxy) is 1. The molecule has 0 unspecified atom stereocenters. The number of likely N-dealkylation sites (tertiary alicyclic amines) is 1. The van der Waals surface area contributed by atoms with Gasteiger partial charge < -0.3 is 10.5 Å². The van der Waals surface area contributed by atoms with Crippen LogP contribution >= 0.6 is 11.6 Å². The molecule has 0 aliphatic carbocycles. The maximum Gasteiger partial charge on any atom is 0.0635 e. The number of halogens is 1. The second-order valence-corrected chi connectivity index (χ2v) is 4.97. The molecule has 0 spiro atoms. The summed E-state index contributed by atoms with van der Waals surface area (Å²) in [6.07, 6.45) is 2.65. The minimum atomic E-state index is 0.432. The Labute approximate surface area is 107 Å². The Kier molecular flexibility index (Phi) is 4.26. The molecule has 0 atom stereocenters. The van der Waals surface area contributed by atoms with E-state index in [0.29, 0.717) is 16.8 Å². The third kappa shape index (κ3) is 3.35.